The van der Waals surface area contributed by atoms with Crippen LogP contribution < -0.4 is 5.32 Å². The molecule has 148 valence electrons. The third-order valence-electron chi connectivity index (χ3n) is 4.55. The molecular formula is C20H18FN5O2S. The molecule has 3 aromatic heterocycles. The fourth-order valence-electron chi connectivity index (χ4n) is 3.05. The Hall–Kier alpha value is -3.20. The molecule has 3 heterocycles. The molecule has 0 saturated carbocycles. The van der Waals surface area contributed by atoms with Crippen LogP contribution in [0.5, 0.6) is 0 Å². The summed E-state index contributed by atoms with van der Waals surface area (Å²) in [4.78, 5) is 21.3. The van der Waals surface area contributed by atoms with E-state index in [1.165, 1.54) is 30.1 Å². The molecule has 0 aliphatic heterocycles. The van der Waals surface area contributed by atoms with Crippen LogP contribution in [-0.2, 0) is 0 Å². The van der Waals surface area contributed by atoms with E-state index in [-0.39, 0.29) is 17.8 Å². The minimum atomic E-state index is -0.328. The predicted octanol–water partition coefficient (Wildman–Crippen LogP) is 4.15. The van der Waals surface area contributed by atoms with E-state index in [1.807, 2.05) is 13.2 Å². The number of nitrogens with zero attached hydrogens (tertiary/aromatic N) is 4. The number of aromatic nitrogens is 4. The van der Waals surface area contributed by atoms with E-state index in [4.69, 9.17) is 4.42 Å². The van der Waals surface area contributed by atoms with E-state index < -0.39 is 0 Å². The lowest BCUT2D eigenvalue weighted by Gasteiger charge is -2.14. The number of rotatable bonds is 6. The molecular weight excluding hydrogens is 393 g/mol. The number of carbonyl (C=O) groups excluding carboxylic acids is 1. The van der Waals surface area contributed by atoms with Crippen molar-refractivity contribution in [2.24, 2.45) is 0 Å². The molecule has 0 bridgehead atoms. The van der Waals surface area contributed by atoms with Crippen LogP contribution in [0.2, 0.25) is 0 Å². The zero-order chi connectivity index (χ0) is 20.4. The Labute approximate surface area is 170 Å². The second-order valence-electron chi connectivity index (χ2n) is 6.32. The van der Waals surface area contributed by atoms with Crippen molar-refractivity contribution in [1.29, 1.82) is 0 Å². The average molecular weight is 411 g/mol. The summed E-state index contributed by atoms with van der Waals surface area (Å²) in [7, 11) is 0. The van der Waals surface area contributed by atoms with Gasteiger partial charge in [-0.2, -0.15) is 5.10 Å². The highest BCUT2D eigenvalue weighted by atomic mass is 32.2. The maximum absolute atomic E-state index is 13.2. The number of fused-ring (bicyclic) bond motifs is 1. The van der Waals surface area contributed by atoms with Crippen molar-refractivity contribution in [1.82, 2.24) is 25.1 Å². The van der Waals surface area contributed by atoms with Crippen molar-refractivity contribution < 1.29 is 13.6 Å². The molecule has 0 aliphatic rings. The highest BCUT2D eigenvalue weighted by molar-refractivity contribution is 7.98. The summed E-state index contributed by atoms with van der Waals surface area (Å²) in [5.74, 6) is -0.00546. The lowest BCUT2D eigenvalue weighted by molar-refractivity contribution is 0.0930. The summed E-state index contributed by atoms with van der Waals surface area (Å²) >= 11 is 1.40. The highest BCUT2D eigenvalue weighted by Crippen LogP contribution is 2.24. The van der Waals surface area contributed by atoms with Crippen LogP contribution in [0.1, 0.15) is 35.5 Å². The number of oxazole rings is 1. The van der Waals surface area contributed by atoms with Gasteiger partial charge in [-0.1, -0.05) is 18.7 Å². The molecule has 1 amide bonds. The van der Waals surface area contributed by atoms with Gasteiger partial charge in [0.1, 0.15) is 11.6 Å². The maximum Gasteiger partial charge on any atom is 0.255 e. The topological polar surface area (TPSA) is 85.8 Å². The van der Waals surface area contributed by atoms with Crippen molar-refractivity contribution in [3.8, 4) is 5.69 Å². The first-order chi connectivity index (χ1) is 14.1. The number of thioether (sulfide) groups is 1. The van der Waals surface area contributed by atoms with Gasteiger partial charge in [-0.3, -0.25) is 9.78 Å². The van der Waals surface area contributed by atoms with Crippen LogP contribution in [0.25, 0.3) is 16.6 Å². The predicted molar refractivity (Wildman–Crippen MR) is 108 cm³/mol. The van der Waals surface area contributed by atoms with Gasteiger partial charge in [0.15, 0.2) is 0 Å². The number of benzene rings is 1. The zero-order valence-corrected chi connectivity index (χ0v) is 16.6. The van der Waals surface area contributed by atoms with Crippen LogP contribution in [0.4, 0.5) is 4.39 Å². The van der Waals surface area contributed by atoms with Gasteiger partial charge in [0.25, 0.3) is 11.1 Å². The first-order valence-electron chi connectivity index (χ1n) is 8.99. The van der Waals surface area contributed by atoms with E-state index in [0.717, 1.165) is 0 Å². The van der Waals surface area contributed by atoms with Crippen molar-refractivity contribution in [3.05, 3.63) is 66.2 Å². The van der Waals surface area contributed by atoms with Crippen molar-refractivity contribution >= 4 is 28.6 Å². The fourth-order valence-corrected chi connectivity index (χ4v) is 3.38. The lowest BCUT2D eigenvalue weighted by Crippen LogP contribution is -2.28. The molecule has 1 N–H and O–H groups in total. The third-order valence-corrected chi connectivity index (χ3v) is 5.08. The van der Waals surface area contributed by atoms with Crippen LogP contribution in [-0.4, -0.2) is 31.9 Å². The normalized spacial score (nSPS) is 12.2. The number of hydrogen-bond acceptors (Lipinski definition) is 6. The first kappa shape index (κ1) is 19.1. The SMILES string of the molecule is CC[C@H](NC(=O)c1cncc2c1cnn2-c1ccc(F)cc1)c1cnc(SC)o1. The summed E-state index contributed by atoms with van der Waals surface area (Å²) in [6.07, 6.45) is 8.89. The summed E-state index contributed by atoms with van der Waals surface area (Å²) < 4.78 is 20.5. The molecule has 0 fully saturated rings. The molecule has 9 heteroatoms. The van der Waals surface area contributed by atoms with Crippen LogP contribution in [0, 0.1) is 5.82 Å². The minimum absolute atomic E-state index is 0.282. The summed E-state index contributed by atoms with van der Waals surface area (Å²) in [6, 6.07) is 5.65. The number of amides is 1. The molecule has 4 aromatic rings. The molecule has 0 saturated heterocycles. The third kappa shape index (κ3) is 3.73. The molecule has 1 aromatic carbocycles. The van der Waals surface area contributed by atoms with Crippen LogP contribution in [0.3, 0.4) is 0 Å². The number of pyridine rings is 1. The maximum atomic E-state index is 13.2. The largest absolute Gasteiger partial charge is 0.434 e. The van der Waals surface area contributed by atoms with Crippen LogP contribution >= 0.6 is 11.8 Å². The van der Waals surface area contributed by atoms with Crippen molar-refractivity contribution in [2.45, 2.75) is 24.6 Å². The molecule has 7 nitrogen and oxygen atoms in total. The van der Waals surface area contributed by atoms with Gasteiger partial charge in [0.2, 0.25) is 0 Å². The lowest BCUT2D eigenvalue weighted by atomic mass is 10.1. The molecule has 29 heavy (non-hydrogen) atoms. The van der Waals surface area contributed by atoms with Crippen LogP contribution in [0.15, 0.2) is 58.7 Å². The standard InChI is InChI=1S/C20H18FN5O2S/c1-3-16(18-11-23-20(28-18)29-2)25-19(27)15-8-22-10-17-14(15)9-24-26(17)13-6-4-12(21)5-7-13/h4-11,16H,3H2,1-2H3,(H,25,27)/t16-/m0/s1. The molecule has 0 spiro atoms. The number of carbonyl (C=O) groups is 1. The summed E-state index contributed by atoms with van der Waals surface area (Å²) in [6.45, 7) is 1.96. The Morgan fingerprint density at radius 3 is 2.72 bits per heavy atom. The van der Waals surface area contributed by atoms with E-state index >= 15 is 0 Å². The zero-order valence-electron chi connectivity index (χ0n) is 15.8. The Balaban J connectivity index is 1.65. The second kappa shape index (κ2) is 8.04. The smallest absolute Gasteiger partial charge is 0.255 e. The number of nitrogens with one attached hydrogen (secondary N) is 1. The van der Waals surface area contributed by atoms with Gasteiger partial charge in [0, 0.05) is 11.6 Å². The van der Waals surface area contributed by atoms with E-state index in [2.05, 4.69) is 20.4 Å². The Morgan fingerprint density at radius 2 is 2.03 bits per heavy atom. The van der Waals surface area contributed by atoms with Gasteiger partial charge in [-0.15, -0.1) is 0 Å². The Kier molecular flexibility index (Phi) is 5.30. The van der Waals surface area contributed by atoms with Crippen molar-refractivity contribution in [3.63, 3.8) is 0 Å². The van der Waals surface area contributed by atoms with Gasteiger partial charge >= 0.3 is 0 Å². The van der Waals surface area contributed by atoms with E-state index in [9.17, 15) is 9.18 Å². The first-order valence-corrected chi connectivity index (χ1v) is 10.2. The molecule has 4 rings (SSSR count). The minimum Gasteiger partial charge on any atom is -0.434 e. The van der Waals surface area contributed by atoms with Gasteiger partial charge in [-0.05, 0) is 36.9 Å². The second-order valence-corrected chi connectivity index (χ2v) is 7.08. The molecule has 0 unspecified atom stereocenters. The summed E-state index contributed by atoms with van der Waals surface area (Å²) in [5, 5.41) is 8.53. The van der Waals surface area contributed by atoms with E-state index in [0.29, 0.717) is 39.6 Å². The van der Waals surface area contributed by atoms with Gasteiger partial charge in [0.05, 0.1) is 41.4 Å². The fraction of sp³-hybridized carbons (Fsp3) is 0.200. The number of hydrogen-bond donors (Lipinski definition) is 1. The quantitative estimate of drug-likeness (QED) is 0.480. The van der Waals surface area contributed by atoms with Gasteiger partial charge in [-0.25, -0.2) is 14.1 Å². The van der Waals surface area contributed by atoms with Gasteiger partial charge < -0.3 is 9.73 Å². The van der Waals surface area contributed by atoms with Crippen molar-refractivity contribution in [2.75, 3.05) is 6.26 Å². The highest BCUT2D eigenvalue weighted by Gasteiger charge is 2.21. The summed E-state index contributed by atoms with van der Waals surface area (Å²) in [5.41, 5.74) is 1.74. The monoisotopic (exact) mass is 411 g/mol. The molecule has 0 radical (unpaired) electrons. The molecule has 1 atom stereocenters. The number of halogens is 1. The van der Waals surface area contributed by atoms with E-state index in [1.54, 1.807) is 35.4 Å². The Bertz CT molecular complexity index is 1160. The average Bonchev–Trinajstić information content (AvgIpc) is 3.39. The Morgan fingerprint density at radius 1 is 1.24 bits per heavy atom. The molecule has 0 aliphatic carbocycles.